The van der Waals surface area contributed by atoms with Crippen molar-refractivity contribution in [2.75, 3.05) is 26.2 Å². The maximum atomic E-state index is 13.3. The van der Waals surface area contributed by atoms with Crippen LogP contribution in [0.1, 0.15) is 64.7 Å². The second-order valence-electron chi connectivity index (χ2n) is 9.60. The van der Waals surface area contributed by atoms with Crippen LogP contribution < -0.4 is 5.32 Å². The van der Waals surface area contributed by atoms with Gasteiger partial charge in [-0.1, -0.05) is 19.3 Å². The number of piperazine rings is 1. The Morgan fingerprint density at radius 3 is 2.34 bits per heavy atom. The predicted molar refractivity (Wildman–Crippen MR) is 115 cm³/mol. The van der Waals surface area contributed by atoms with Crippen molar-refractivity contribution >= 4 is 27.5 Å². The van der Waals surface area contributed by atoms with Gasteiger partial charge in [-0.3, -0.25) is 4.79 Å². The number of carbonyl (C=O) groups is 1. The molecule has 5 atom stereocenters. The van der Waals surface area contributed by atoms with Gasteiger partial charge in [0.15, 0.2) is 0 Å². The van der Waals surface area contributed by atoms with Crippen molar-refractivity contribution in [3.8, 4) is 0 Å². The summed E-state index contributed by atoms with van der Waals surface area (Å²) in [5.41, 5.74) is 0. The zero-order valence-electron chi connectivity index (χ0n) is 17.6. The first kappa shape index (κ1) is 21.8. The molecule has 0 aromatic heterocycles. The molecule has 166 valence electrons. The van der Waals surface area contributed by atoms with Crippen LogP contribution in [0.15, 0.2) is 0 Å². The van der Waals surface area contributed by atoms with E-state index in [-0.39, 0.29) is 28.5 Å². The third kappa shape index (κ3) is 4.63. The number of sulfonamides is 1. The fourth-order valence-electron chi connectivity index (χ4n) is 5.96. The van der Waals surface area contributed by atoms with E-state index >= 15 is 0 Å². The maximum Gasteiger partial charge on any atom is 0.227 e. The summed E-state index contributed by atoms with van der Waals surface area (Å²) in [5, 5.41) is 3.69. The summed E-state index contributed by atoms with van der Waals surface area (Å²) in [7, 11) is -3.22. The van der Waals surface area contributed by atoms with Crippen molar-refractivity contribution in [3.63, 3.8) is 0 Å². The van der Waals surface area contributed by atoms with Crippen LogP contribution in [0, 0.1) is 11.8 Å². The van der Waals surface area contributed by atoms with Crippen LogP contribution in [0.4, 0.5) is 0 Å². The molecular weight excluding hydrogens is 410 g/mol. The van der Waals surface area contributed by atoms with E-state index in [9.17, 15) is 13.2 Å². The Kier molecular flexibility index (Phi) is 6.79. The first-order chi connectivity index (χ1) is 13.9. The van der Waals surface area contributed by atoms with Gasteiger partial charge in [-0.15, -0.1) is 11.6 Å². The van der Waals surface area contributed by atoms with Gasteiger partial charge >= 0.3 is 0 Å². The topological polar surface area (TPSA) is 69.7 Å². The number of amides is 1. The third-order valence-electron chi connectivity index (χ3n) is 7.76. The number of carbonyl (C=O) groups excluding carboxylic acids is 1. The van der Waals surface area contributed by atoms with Crippen molar-refractivity contribution in [3.05, 3.63) is 0 Å². The number of alkyl halides is 1. The van der Waals surface area contributed by atoms with Gasteiger partial charge in [0.2, 0.25) is 15.9 Å². The Bertz CT molecular complexity index is 689. The van der Waals surface area contributed by atoms with Crippen molar-refractivity contribution in [1.82, 2.24) is 14.5 Å². The molecule has 0 aromatic carbocycles. The molecule has 6 nitrogen and oxygen atoms in total. The number of halogens is 1. The van der Waals surface area contributed by atoms with Gasteiger partial charge in [0.1, 0.15) is 0 Å². The highest BCUT2D eigenvalue weighted by molar-refractivity contribution is 7.89. The van der Waals surface area contributed by atoms with Crippen LogP contribution in [0.3, 0.4) is 0 Å². The molecule has 2 aliphatic heterocycles. The van der Waals surface area contributed by atoms with E-state index in [1.165, 1.54) is 0 Å². The molecular formula is C21H36ClN3O3S. The lowest BCUT2D eigenvalue weighted by Crippen LogP contribution is -2.59. The lowest BCUT2D eigenvalue weighted by Gasteiger charge is -2.46. The van der Waals surface area contributed by atoms with Gasteiger partial charge in [-0.25, -0.2) is 8.42 Å². The first-order valence-corrected chi connectivity index (χ1v) is 13.5. The van der Waals surface area contributed by atoms with Crippen LogP contribution >= 0.6 is 11.6 Å². The minimum atomic E-state index is -3.22. The quantitative estimate of drug-likeness (QED) is 0.678. The molecule has 0 spiro atoms. The Hall–Kier alpha value is -0.370. The van der Waals surface area contributed by atoms with Gasteiger partial charge in [-0.05, 0) is 51.4 Å². The van der Waals surface area contributed by atoms with Crippen LogP contribution in [0.2, 0.25) is 0 Å². The van der Waals surface area contributed by atoms with E-state index < -0.39 is 10.0 Å². The monoisotopic (exact) mass is 445 g/mol. The Morgan fingerprint density at radius 1 is 0.966 bits per heavy atom. The number of nitrogens with zero attached hydrogens (tertiary/aromatic N) is 2. The minimum absolute atomic E-state index is 0.0280. The van der Waals surface area contributed by atoms with Crippen molar-refractivity contribution < 1.29 is 13.2 Å². The molecule has 2 saturated heterocycles. The van der Waals surface area contributed by atoms with Crippen LogP contribution in [0.5, 0.6) is 0 Å². The second kappa shape index (κ2) is 9.01. The van der Waals surface area contributed by atoms with Gasteiger partial charge in [-0.2, -0.15) is 4.31 Å². The third-order valence-corrected chi connectivity index (χ3v) is 10.6. The molecule has 4 fully saturated rings. The summed E-state index contributed by atoms with van der Waals surface area (Å²) < 4.78 is 27.6. The summed E-state index contributed by atoms with van der Waals surface area (Å²) in [6, 6.07) is 0.654. The van der Waals surface area contributed by atoms with Crippen molar-refractivity contribution in [2.45, 2.75) is 87.4 Å². The van der Waals surface area contributed by atoms with Crippen molar-refractivity contribution in [1.29, 1.82) is 0 Å². The Balaban J connectivity index is 1.34. The number of hydrogen-bond donors (Lipinski definition) is 1. The molecule has 2 aliphatic carbocycles. The molecule has 8 heteroatoms. The molecule has 4 aliphatic rings. The van der Waals surface area contributed by atoms with Gasteiger partial charge in [0, 0.05) is 43.6 Å². The van der Waals surface area contributed by atoms with Gasteiger partial charge < -0.3 is 10.2 Å². The number of fused-ring (bicyclic) bond motifs is 1. The maximum absolute atomic E-state index is 13.3. The summed E-state index contributed by atoms with van der Waals surface area (Å²) in [5.74, 6) is 0.638. The zero-order valence-corrected chi connectivity index (χ0v) is 19.1. The highest BCUT2D eigenvalue weighted by Crippen LogP contribution is 2.38. The summed E-state index contributed by atoms with van der Waals surface area (Å²) in [4.78, 5) is 15.2. The Labute approximate surface area is 180 Å². The zero-order chi connectivity index (χ0) is 20.6. The molecule has 4 rings (SSSR count). The average molecular weight is 446 g/mol. The molecule has 2 saturated carbocycles. The van der Waals surface area contributed by atoms with Crippen LogP contribution in [0.25, 0.3) is 0 Å². The van der Waals surface area contributed by atoms with E-state index in [2.05, 4.69) is 12.2 Å². The molecule has 0 bridgehead atoms. The predicted octanol–water partition coefficient (Wildman–Crippen LogP) is 2.57. The van der Waals surface area contributed by atoms with Crippen LogP contribution in [-0.2, 0) is 14.8 Å². The molecule has 5 unspecified atom stereocenters. The lowest BCUT2D eigenvalue weighted by molar-refractivity contribution is -0.139. The van der Waals surface area contributed by atoms with E-state index in [4.69, 9.17) is 11.6 Å². The van der Waals surface area contributed by atoms with E-state index in [0.29, 0.717) is 38.1 Å². The molecule has 0 radical (unpaired) electrons. The van der Waals surface area contributed by atoms with Gasteiger partial charge in [0.25, 0.3) is 0 Å². The molecule has 1 N–H and O–H groups in total. The number of nitrogens with one attached hydrogen (secondary N) is 1. The molecule has 0 aromatic rings. The van der Waals surface area contributed by atoms with E-state index in [1.54, 1.807) is 4.31 Å². The number of rotatable bonds is 3. The minimum Gasteiger partial charge on any atom is -0.340 e. The van der Waals surface area contributed by atoms with Crippen LogP contribution in [-0.4, -0.2) is 72.4 Å². The summed E-state index contributed by atoms with van der Waals surface area (Å²) >= 11 is 6.39. The van der Waals surface area contributed by atoms with E-state index in [1.807, 2.05) is 4.90 Å². The number of hydrogen-bond acceptors (Lipinski definition) is 4. The Morgan fingerprint density at radius 2 is 1.66 bits per heavy atom. The average Bonchev–Trinajstić information content (AvgIpc) is 2.74. The molecule has 29 heavy (non-hydrogen) atoms. The number of piperidine rings is 1. The first-order valence-electron chi connectivity index (χ1n) is 11.5. The highest BCUT2D eigenvalue weighted by atomic mass is 35.5. The van der Waals surface area contributed by atoms with Gasteiger partial charge in [0.05, 0.1) is 11.2 Å². The standard InChI is InChI=1S/C21H36ClN3O3S/c1-15-19(14-16-13-17(22)7-8-20(16)23-15)21(26)24-9-11-25(12-10-24)29(27,28)18-5-3-2-4-6-18/h15-20,23H,2-14H2,1H3. The SMILES string of the molecule is CC1NC2CCC(Cl)CC2CC1C(=O)N1CCN(S(=O)(=O)C2CCCCC2)CC1. The molecule has 2 heterocycles. The smallest absolute Gasteiger partial charge is 0.227 e. The largest absolute Gasteiger partial charge is 0.340 e. The molecule has 1 amide bonds. The second-order valence-corrected chi connectivity index (χ2v) is 12.4. The fraction of sp³-hybridized carbons (Fsp3) is 0.952. The summed E-state index contributed by atoms with van der Waals surface area (Å²) in [6.07, 6.45) is 8.80. The summed E-state index contributed by atoms with van der Waals surface area (Å²) in [6.45, 7) is 4.03. The fourth-order valence-corrected chi connectivity index (χ4v) is 8.33. The normalized spacial score (nSPS) is 37.9. The van der Waals surface area contributed by atoms with Crippen molar-refractivity contribution in [2.24, 2.45) is 11.8 Å². The van der Waals surface area contributed by atoms with E-state index in [0.717, 1.165) is 57.8 Å². The lowest BCUT2D eigenvalue weighted by atomic mass is 9.73. The highest BCUT2D eigenvalue weighted by Gasteiger charge is 2.43.